The van der Waals surface area contributed by atoms with Gasteiger partial charge in [0.1, 0.15) is 0 Å². The molecule has 3 heteroatoms. The van der Waals surface area contributed by atoms with Crippen molar-refractivity contribution in [3.05, 3.63) is 60.3 Å². The van der Waals surface area contributed by atoms with Gasteiger partial charge >= 0.3 is 0 Å². The number of aromatic amines is 1. The maximum absolute atomic E-state index is 3.48. The molecular weight excluding hydrogens is 234 g/mol. The van der Waals surface area contributed by atoms with Crippen molar-refractivity contribution in [3.8, 4) is 0 Å². The second-order valence-electron chi connectivity index (χ2n) is 4.55. The van der Waals surface area contributed by atoms with Crippen LogP contribution in [0.2, 0.25) is 0 Å². The molecule has 3 rings (SSSR count). The fraction of sp³-hybridized carbons (Fsp3) is 0.125. The summed E-state index contributed by atoms with van der Waals surface area (Å²) in [6.45, 7) is 0.817. The first-order chi connectivity index (χ1) is 9.36. The van der Waals surface area contributed by atoms with Crippen molar-refractivity contribution < 1.29 is 0 Å². The van der Waals surface area contributed by atoms with Gasteiger partial charge in [-0.15, -0.1) is 0 Å². The zero-order valence-corrected chi connectivity index (χ0v) is 10.9. The SMILES string of the molecule is CNc1cccc(CNc2c[nH]c3ccccc23)c1. The molecule has 0 saturated heterocycles. The Kier molecular flexibility index (Phi) is 3.11. The Labute approximate surface area is 112 Å². The normalized spacial score (nSPS) is 10.6. The van der Waals surface area contributed by atoms with Crippen LogP contribution in [-0.4, -0.2) is 12.0 Å². The average molecular weight is 251 g/mol. The molecule has 96 valence electrons. The minimum Gasteiger partial charge on any atom is -0.388 e. The lowest BCUT2D eigenvalue weighted by atomic mass is 10.2. The van der Waals surface area contributed by atoms with E-state index in [-0.39, 0.29) is 0 Å². The van der Waals surface area contributed by atoms with E-state index in [2.05, 4.69) is 58.1 Å². The highest BCUT2D eigenvalue weighted by Crippen LogP contribution is 2.23. The molecule has 0 saturated carbocycles. The molecule has 0 aliphatic heterocycles. The first kappa shape index (κ1) is 11.7. The van der Waals surface area contributed by atoms with E-state index in [1.165, 1.54) is 10.9 Å². The van der Waals surface area contributed by atoms with Gasteiger partial charge in [-0.05, 0) is 23.8 Å². The van der Waals surface area contributed by atoms with E-state index >= 15 is 0 Å². The van der Waals surface area contributed by atoms with Gasteiger partial charge < -0.3 is 15.6 Å². The molecule has 3 aromatic rings. The fourth-order valence-corrected chi connectivity index (χ4v) is 2.25. The van der Waals surface area contributed by atoms with Gasteiger partial charge in [-0.25, -0.2) is 0 Å². The zero-order chi connectivity index (χ0) is 13.1. The molecule has 0 atom stereocenters. The number of para-hydroxylation sites is 1. The van der Waals surface area contributed by atoms with E-state index in [0.29, 0.717) is 0 Å². The predicted molar refractivity (Wildman–Crippen MR) is 81.6 cm³/mol. The molecule has 2 aromatic carbocycles. The van der Waals surface area contributed by atoms with Crippen LogP contribution in [0.25, 0.3) is 10.9 Å². The number of anilines is 2. The summed E-state index contributed by atoms with van der Waals surface area (Å²) in [6.07, 6.45) is 2.02. The van der Waals surface area contributed by atoms with Gasteiger partial charge in [0.25, 0.3) is 0 Å². The van der Waals surface area contributed by atoms with Crippen molar-refractivity contribution in [2.75, 3.05) is 17.7 Å². The molecule has 3 N–H and O–H groups in total. The van der Waals surface area contributed by atoms with Crippen LogP contribution in [0.15, 0.2) is 54.7 Å². The van der Waals surface area contributed by atoms with Gasteiger partial charge in [-0.3, -0.25) is 0 Å². The zero-order valence-electron chi connectivity index (χ0n) is 10.9. The van der Waals surface area contributed by atoms with E-state index < -0.39 is 0 Å². The maximum atomic E-state index is 3.48. The van der Waals surface area contributed by atoms with Gasteiger partial charge in [0.05, 0.1) is 5.69 Å². The van der Waals surface area contributed by atoms with Crippen LogP contribution < -0.4 is 10.6 Å². The largest absolute Gasteiger partial charge is 0.388 e. The molecular formula is C16H17N3. The fourth-order valence-electron chi connectivity index (χ4n) is 2.25. The molecule has 0 radical (unpaired) electrons. The Morgan fingerprint density at radius 1 is 1.05 bits per heavy atom. The molecule has 1 heterocycles. The maximum Gasteiger partial charge on any atom is 0.0600 e. The Balaban J connectivity index is 1.78. The van der Waals surface area contributed by atoms with Gasteiger partial charge in [-0.1, -0.05) is 30.3 Å². The quantitative estimate of drug-likeness (QED) is 0.659. The first-order valence-electron chi connectivity index (χ1n) is 6.43. The van der Waals surface area contributed by atoms with Gasteiger partial charge in [0, 0.05) is 36.4 Å². The summed E-state index contributed by atoms with van der Waals surface area (Å²) >= 11 is 0. The second kappa shape index (κ2) is 5.06. The van der Waals surface area contributed by atoms with Crippen LogP contribution in [0, 0.1) is 0 Å². The summed E-state index contributed by atoms with van der Waals surface area (Å²) in [5.74, 6) is 0. The molecule has 0 aliphatic carbocycles. The number of hydrogen-bond donors (Lipinski definition) is 3. The van der Waals surface area contributed by atoms with Crippen LogP contribution in [0.1, 0.15) is 5.56 Å². The van der Waals surface area contributed by atoms with Crippen molar-refractivity contribution >= 4 is 22.3 Å². The molecule has 0 bridgehead atoms. The van der Waals surface area contributed by atoms with Crippen LogP contribution in [0.3, 0.4) is 0 Å². The molecule has 1 aromatic heterocycles. The third-order valence-electron chi connectivity index (χ3n) is 3.29. The number of aromatic nitrogens is 1. The van der Waals surface area contributed by atoms with E-state index in [4.69, 9.17) is 0 Å². The Morgan fingerprint density at radius 3 is 2.84 bits per heavy atom. The minimum absolute atomic E-state index is 0.817. The van der Waals surface area contributed by atoms with Gasteiger partial charge in [0.2, 0.25) is 0 Å². The summed E-state index contributed by atoms with van der Waals surface area (Å²) in [4.78, 5) is 3.27. The van der Waals surface area contributed by atoms with E-state index in [0.717, 1.165) is 23.4 Å². The predicted octanol–water partition coefficient (Wildman–Crippen LogP) is 3.82. The molecule has 0 fully saturated rings. The highest BCUT2D eigenvalue weighted by molar-refractivity contribution is 5.92. The molecule has 0 aliphatic rings. The third-order valence-corrected chi connectivity index (χ3v) is 3.29. The lowest BCUT2D eigenvalue weighted by molar-refractivity contribution is 1.15. The number of nitrogens with one attached hydrogen (secondary N) is 3. The van der Waals surface area contributed by atoms with Crippen molar-refractivity contribution in [2.24, 2.45) is 0 Å². The highest BCUT2D eigenvalue weighted by Gasteiger charge is 2.02. The van der Waals surface area contributed by atoms with Crippen molar-refractivity contribution in [2.45, 2.75) is 6.54 Å². The number of benzene rings is 2. The van der Waals surface area contributed by atoms with Gasteiger partial charge in [-0.2, -0.15) is 0 Å². The number of fused-ring (bicyclic) bond motifs is 1. The molecule has 19 heavy (non-hydrogen) atoms. The van der Waals surface area contributed by atoms with E-state index in [9.17, 15) is 0 Å². The summed E-state index contributed by atoms with van der Waals surface area (Å²) < 4.78 is 0. The minimum atomic E-state index is 0.817. The van der Waals surface area contributed by atoms with Crippen molar-refractivity contribution in [1.82, 2.24) is 4.98 Å². The average Bonchev–Trinajstić information content (AvgIpc) is 2.89. The summed E-state index contributed by atoms with van der Waals surface area (Å²) in [7, 11) is 1.94. The molecule has 0 unspecified atom stereocenters. The van der Waals surface area contributed by atoms with Crippen LogP contribution in [0.5, 0.6) is 0 Å². The standard InChI is InChI=1S/C16H17N3/c1-17-13-6-4-5-12(9-13)10-18-16-11-19-15-8-3-2-7-14(15)16/h2-9,11,17-19H,10H2,1H3. The number of rotatable bonds is 4. The lowest BCUT2D eigenvalue weighted by Crippen LogP contribution is -1.99. The summed E-state index contributed by atoms with van der Waals surface area (Å²) in [6, 6.07) is 16.7. The number of hydrogen-bond acceptors (Lipinski definition) is 2. The van der Waals surface area contributed by atoms with Gasteiger partial charge in [0.15, 0.2) is 0 Å². The monoisotopic (exact) mass is 251 g/mol. The van der Waals surface area contributed by atoms with Crippen LogP contribution in [0.4, 0.5) is 11.4 Å². The Bertz CT molecular complexity index is 685. The highest BCUT2D eigenvalue weighted by atomic mass is 14.9. The second-order valence-corrected chi connectivity index (χ2v) is 4.55. The Hall–Kier alpha value is -2.42. The van der Waals surface area contributed by atoms with Crippen LogP contribution >= 0.6 is 0 Å². The summed E-state index contributed by atoms with van der Waals surface area (Å²) in [5.41, 5.74) is 4.70. The molecule has 0 spiro atoms. The number of H-pyrrole nitrogens is 1. The third kappa shape index (κ3) is 2.40. The Morgan fingerprint density at radius 2 is 1.95 bits per heavy atom. The van der Waals surface area contributed by atoms with E-state index in [1.54, 1.807) is 0 Å². The topological polar surface area (TPSA) is 39.8 Å². The smallest absolute Gasteiger partial charge is 0.0600 e. The molecule has 3 nitrogen and oxygen atoms in total. The van der Waals surface area contributed by atoms with E-state index in [1.807, 2.05) is 19.3 Å². The lowest BCUT2D eigenvalue weighted by Gasteiger charge is -2.07. The summed E-state index contributed by atoms with van der Waals surface area (Å²) in [5, 5.41) is 7.86. The van der Waals surface area contributed by atoms with Crippen LogP contribution in [-0.2, 0) is 6.54 Å². The van der Waals surface area contributed by atoms with Crippen molar-refractivity contribution in [3.63, 3.8) is 0 Å². The first-order valence-corrected chi connectivity index (χ1v) is 6.43. The molecule has 0 amide bonds. The van der Waals surface area contributed by atoms with Crippen molar-refractivity contribution in [1.29, 1.82) is 0 Å².